The van der Waals surface area contributed by atoms with E-state index in [1.165, 1.54) is 4.90 Å². The predicted molar refractivity (Wildman–Crippen MR) is 93.6 cm³/mol. The molecule has 0 aromatic carbocycles. The van der Waals surface area contributed by atoms with Gasteiger partial charge in [0.25, 0.3) is 5.91 Å². The molecule has 116 valence electrons. The number of anilines is 1. The Balaban J connectivity index is 2.47. The molecule has 0 bridgehead atoms. The summed E-state index contributed by atoms with van der Waals surface area (Å²) in [6.45, 7) is 2.16. The zero-order chi connectivity index (χ0) is 16.4. The molecule has 0 N–H and O–H groups in total. The Hall–Kier alpha value is -0.590. The highest BCUT2D eigenvalue weighted by Gasteiger charge is 2.25. The molecule has 0 saturated carbocycles. The second-order valence-corrected chi connectivity index (χ2v) is 6.48. The Labute approximate surface area is 155 Å². The first-order valence-corrected chi connectivity index (χ1v) is 8.30. The number of hydrogen-bond donors (Lipinski definition) is 0. The average molecular weight is 444 g/mol. The van der Waals surface area contributed by atoms with Crippen LogP contribution >= 0.6 is 62.3 Å². The number of carbonyl (C=O) groups excluding carboxylic acids is 1. The summed E-state index contributed by atoms with van der Waals surface area (Å²) in [5.74, 6) is -0.0152. The topological polar surface area (TPSA) is 46.1 Å². The lowest BCUT2D eigenvalue weighted by Gasteiger charge is -2.20. The second kappa shape index (κ2) is 7.32. The van der Waals surface area contributed by atoms with Crippen LogP contribution in [-0.2, 0) is 0 Å². The fourth-order valence-electron chi connectivity index (χ4n) is 1.69. The first kappa shape index (κ1) is 17.8. The summed E-state index contributed by atoms with van der Waals surface area (Å²) < 4.78 is 0.800. The van der Waals surface area contributed by atoms with Crippen LogP contribution < -0.4 is 4.90 Å². The van der Waals surface area contributed by atoms with Gasteiger partial charge < -0.3 is 0 Å². The minimum absolute atomic E-state index is 0.00787. The number of aromatic nitrogens is 2. The van der Waals surface area contributed by atoms with Crippen molar-refractivity contribution in [3.63, 3.8) is 0 Å². The van der Waals surface area contributed by atoms with Crippen LogP contribution in [-0.4, -0.2) is 22.4 Å². The highest BCUT2D eigenvalue weighted by atomic mass is 79.9. The van der Waals surface area contributed by atoms with Gasteiger partial charge in [-0.1, -0.05) is 46.4 Å². The summed E-state index contributed by atoms with van der Waals surface area (Å²) in [5.41, 5.74) is -0.0763. The van der Waals surface area contributed by atoms with E-state index in [0.29, 0.717) is 12.4 Å². The minimum atomic E-state index is -0.470. The third kappa shape index (κ3) is 3.49. The number of hydrogen-bond acceptors (Lipinski definition) is 3. The Bertz CT molecular complexity index is 724. The van der Waals surface area contributed by atoms with Crippen molar-refractivity contribution >= 4 is 74.1 Å². The fraction of sp³-hybridized carbons (Fsp3) is 0.154. The van der Waals surface area contributed by atoms with Gasteiger partial charge in [0.1, 0.15) is 11.0 Å². The zero-order valence-electron chi connectivity index (χ0n) is 11.1. The summed E-state index contributed by atoms with van der Waals surface area (Å²) in [5, 5.41) is -0.128. The van der Waals surface area contributed by atoms with Gasteiger partial charge in [-0.05, 0) is 35.0 Å². The van der Waals surface area contributed by atoms with E-state index in [4.69, 9.17) is 46.4 Å². The monoisotopic (exact) mass is 441 g/mol. The zero-order valence-corrected chi connectivity index (χ0v) is 15.7. The predicted octanol–water partition coefficient (Wildman–Crippen LogP) is 5.52. The van der Waals surface area contributed by atoms with E-state index < -0.39 is 5.91 Å². The molecule has 2 aromatic rings. The molecular weight excluding hydrogens is 436 g/mol. The molecule has 2 heterocycles. The quantitative estimate of drug-likeness (QED) is 0.587. The molecule has 9 heteroatoms. The van der Waals surface area contributed by atoms with Crippen molar-refractivity contribution in [1.29, 1.82) is 0 Å². The number of nitrogens with zero attached hydrogens (tertiary/aromatic N) is 3. The van der Waals surface area contributed by atoms with E-state index in [-0.39, 0.29) is 25.9 Å². The number of rotatable bonds is 3. The first-order chi connectivity index (χ1) is 10.4. The van der Waals surface area contributed by atoms with Crippen molar-refractivity contribution in [2.75, 3.05) is 11.4 Å². The lowest BCUT2D eigenvalue weighted by atomic mass is 10.3. The molecule has 0 saturated heterocycles. The van der Waals surface area contributed by atoms with Crippen LogP contribution in [0.5, 0.6) is 0 Å². The normalized spacial score (nSPS) is 10.6. The molecule has 2 rings (SSSR count). The van der Waals surface area contributed by atoms with Crippen LogP contribution in [0.4, 0.5) is 5.82 Å². The Morgan fingerprint density at radius 2 is 1.86 bits per heavy atom. The molecule has 0 aliphatic heterocycles. The van der Waals surface area contributed by atoms with Gasteiger partial charge in [-0.15, -0.1) is 0 Å². The van der Waals surface area contributed by atoms with Gasteiger partial charge in [0.05, 0.1) is 15.1 Å². The van der Waals surface area contributed by atoms with Crippen molar-refractivity contribution in [2.45, 2.75) is 6.92 Å². The lowest BCUT2D eigenvalue weighted by molar-refractivity contribution is 0.0983. The van der Waals surface area contributed by atoms with Gasteiger partial charge in [0.2, 0.25) is 0 Å². The summed E-state index contributed by atoms with van der Waals surface area (Å²) in [6.07, 6.45) is 1.59. The Kier molecular flexibility index (Phi) is 5.91. The fourth-order valence-corrected chi connectivity index (χ4v) is 2.74. The Morgan fingerprint density at radius 3 is 2.41 bits per heavy atom. The number of halogens is 5. The third-order valence-corrected chi connectivity index (χ3v) is 4.88. The molecule has 1 amide bonds. The molecule has 0 fully saturated rings. The highest BCUT2D eigenvalue weighted by Crippen LogP contribution is 2.36. The number of pyridine rings is 2. The second-order valence-electron chi connectivity index (χ2n) is 4.08. The molecule has 0 spiro atoms. The summed E-state index contributed by atoms with van der Waals surface area (Å²) in [4.78, 5) is 22.2. The lowest BCUT2D eigenvalue weighted by Crippen LogP contribution is -2.32. The van der Waals surface area contributed by atoms with Gasteiger partial charge in [0, 0.05) is 17.2 Å². The largest absolute Gasteiger partial charge is 0.292 e. The van der Waals surface area contributed by atoms with Crippen LogP contribution in [0.2, 0.25) is 20.2 Å². The standard InChI is InChI=1S/C13H8BrCl4N3O/c1-2-21(7-4-3-6(14)5-19-7)13(22)11-9(16)8(15)10(17)12(18)20-11/h3-5H,2H2,1H3. The van der Waals surface area contributed by atoms with Gasteiger partial charge >= 0.3 is 0 Å². The van der Waals surface area contributed by atoms with Crippen LogP contribution in [0.15, 0.2) is 22.8 Å². The van der Waals surface area contributed by atoms with Gasteiger partial charge in [-0.2, -0.15) is 0 Å². The van der Waals surface area contributed by atoms with Crippen molar-refractivity contribution in [3.05, 3.63) is 48.7 Å². The van der Waals surface area contributed by atoms with E-state index in [9.17, 15) is 4.79 Å². The summed E-state index contributed by atoms with van der Waals surface area (Å²) in [7, 11) is 0. The summed E-state index contributed by atoms with van der Waals surface area (Å²) >= 11 is 27.0. The van der Waals surface area contributed by atoms with Crippen molar-refractivity contribution in [1.82, 2.24) is 9.97 Å². The Morgan fingerprint density at radius 1 is 1.18 bits per heavy atom. The molecule has 0 aliphatic rings. The van der Waals surface area contributed by atoms with Gasteiger partial charge in [-0.3, -0.25) is 9.69 Å². The SMILES string of the molecule is CCN(C(=O)c1nc(Cl)c(Cl)c(Cl)c1Cl)c1ccc(Br)cn1. The molecular formula is C13H8BrCl4N3O. The van der Waals surface area contributed by atoms with Crippen LogP contribution in [0, 0.1) is 0 Å². The molecule has 2 aromatic heterocycles. The number of carbonyl (C=O) groups is 1. The highest BCUT2D eigenvalue weighted by molar-refractivity contribution is 9.10. The van der Waals surface area contributed by atoms with E-state index in [1.807, 2.05) is 0 Å². The number of amides is 1. The molecule has 0 unspecified atom stereocenters. The summed E-state index contributed by atoms with van der Waals surface area (Å²) in [6, 6.07) is 3.47. The van der Waals surface area contributed by atoms with E-state index in [2.05, 4.69) is 25.9 Å². The van der Waals surface area contributed by atoms with Crippen LogP contribution in [0.1, 0.15) is 17.4 Å². The van der Waals surface area contributed by atoms with Gasteiger partial charge in [-0.25, -0.2) is 9.97 Å². The average Bonchev–Trinajstić information content (AvgIpc) is 2.51. The van der Waals surface area contributed by atoms with Crippen molar-refractivity contribution < 1.29 is 4.79 Å². The molecule has 0 atom stereocenters. The van der Waals surface area contributed by atoms with E-state index in [1.54, 1.807) is 25.3 Å². The molecule has 0 aliphatic carbocycles. The van der Waals surface area contributed by atoms with Crippen molar-refractivity contribution in [3.8, 4) is 0 Å². The molecule has 22 heavy (non-hydrogen) atoms. The molecule has 0 radical (unpaired) electrons. The van der Waals surface area contributed by atoms with Gasteiger partial charge in [0.15, 0.2) is 5.69 Å². The van der Waals surface area contributed by atoms with Crippen LogP contribution in [0.25, 0.3) is 0 Å². The first-order valence-electron chi connectivity index (χ1n) is 6.00. The van der Waals surface area contributed by atoms with E-state index in [0.717, 1.165) is 4.47 Å². The smallest absolute Gasteiger partial charge is 0.279 e. The van der Waals surface area contributed by atoms with E-state index >= 15 is 0 Å². The third-order valence-electron chi connectivity index (χ3n) is 2.74. The maximum atomic E-state index is 12.7. The van der Waals surface area contributed by atoms with Crippen molar-refractivity contribution in [2.24, 2.45) is 0 Å². The van der Waals surface area contributed by atoms with Crippen LogP contribution in [0.3, 0.4) is 0 Å². The molecule has 4 nitrogen and oxygen atoms in total. The maximum Gasteiger partial charge on any atom is 0.279 e. The maximum absolute atomic E-state index is 12.7. The minimum Gasteiger partial charge on any atom is -0.292 e.